The summed E-state index contributed by atoms with van der Waals surface area (Å²) in [4.78, 5) is 21.9. The maximum Gasteiger partial charge on any atom is 0.260 e. The Labute approximate surface area is 124 Å². The van der Waals surface area contributed by atoms with Crippen LogP contribution >= 0.6 is 0 Å². The summed E-state index contributed by atoms with van der Waals surface area (Å²) in [5.41, 5.74) is 7.26. The van der Waals surface area contributed by atoms with Gasteiger partial charge in [-0.15, -0.1) is 0 Å². The van der Waals surface area contributed by atoms with Crippen LogP contribution in [0.25, 0.3) is 10.9 Å². The molecule has 0 atom stereocenters. The molecule has 0 saturated carbocycles. The highest BCUT2D eigenvalue weighted by molar-refractivity contribution is 5.81. The fraction of sp³-hybridized carbons (Fsp3) is 0.500. The molecule has 0 aliphatic carbocycles. The molecule has 5 heteroatoms. The highest BCUT2D eigenvalue weighted by Gasteiger charge is 2.35. The number of anilines is 2. The Kier molecular flexibility index (Phi) is 3.35. The summed E-state index contributed by atoms with van der Waals surface area (Å²) in [6, 6.07) is 5.27. The summed E-state index contributed by atoms with van der Waals surface area (Å²) in [7, 11) is 0. The molecular formula is C16H22N4O. The van der Waals surface area contributed by atoms with Crippen LogP contribution in [0, 0.1) is 5.41 Å². The van der Waals surface area contributed by atoms with Gasteiger partial charge in [-0.25, -0.2) is 4.98 Å². The first-order chi connectivity index (χ1) is 10.1. The van der Waals surface area contributed by atoms with Crippen molar-refractivity contribution in [2.24, 2.45) is 5.41 Å². The van der Waals surface area contributed by atoms with Gasteiger partial charge < -0.3 is 10.6 Å². The van der Waals surface area contributed by atoms with Gasteiger partial charge >= 0.3 is 0 Å². The molecule has 5 nitrogen and oxygen atoms in total. The van der Waals surface area contributed by atoms with Crippen molar-refractivity contribution in [2.75, 3.05) is 23.7 Å². The Morgan fingerprint density at radius 3 is 2.81 bits per heavy atom. The first kappa shape index (κ1) is 13.9. The van der Waals surface area contributed by atoms with Crippen molar-refractivity contribution in [3.63, 3.8) is 0 Å². The van der Waals surface area contributed by atoms with Crippen molar-refractivity contribution in [1.29, 1.82) is 0 Å². The van der Waals surface area contributed by atoms with Crippen LogP contribution in [-0.4, -0.2) is 23.1 Å². The summed E-state index contributed by atoms with van der Waals surface area (Å²) in [5, 5.41) is 0.551. The van der Waals surface area contributed by atoms with Gasteiger partial charge in [-0.05, 0) is 42.9 Å². The third kappa shape index (κ3) is 2.37. The lowest BCUT2D eigenvalue weighted by molar-refractivity contribution is 0.301. The standard InChI is InChI=1S/C16H22N4O/c1-3-16(4-2)7-8-20(10-16)15-18-13-6-5-11(17)9-12(13)14(21)19-15/h5-6,9H,3-4,7-8,10,17H2,1-2H3,(H,18,19,21). The topological polar surface area (TPSA) is 75.0 Å². The zero-order valence-corrected chi connectivity index (χ0v) is 12.6. The summed E-state index contributed by atoms with van der Waals surface area (Å²) < 4.78 is 0. The van der Waals surface area contributed by atoms with E-state index in [9.17, 15) is 4.79 Å². The Bertz CT molecular complexity index is 718. The molecule has 2 heterocycles. The van der Waals surface area contributed by atoms with Crippen molar-refractivity contribution >= 4 is 22.5 Å². The fourth-order valence-electron chi connectivity index (χ4n) is 3.24. The molecule has 1 aliphatic rings. The van der Waals surface area contributed by atoms with Crippen molar-refractivity contribution in [2.45, 2.75) is 33.1 Å². The number of aromatic nitrogens is 2. The largest absolute Gasteiger partial charge is 0.399 e. The molecule has 1 saturated heterocycles. The predicted octanol–water partition coefficient (Wildman–Crippen LogP) is 2.52. The van der Waals surface area contributed by atoms with Gasteiger partial charge in [0.1, 0.15) is 0 Å². The molecule has 0 amide bonds. The van der Waals surface area contributed by atoms with E-state index in [1.54, 1.807) is 12.1 Å². The van der Waals surface area contributed by atoms with E-state index in [-0.39, 0.29) is 5.56 Å². The number of H-pyrrole nitrogens is 1. The lowest BCUT2D eigenvalue weighted by Crippen LogP contribution is -2.29. The maximum atomic E-state index is 12.2. The number of benzene rings is 1. The summed E-state index contributed by atoms with van der Waals surface area (Å²) in [5.74, 6) is 0.682. The van der Waals surface area contributed by atoms with E-state index in [0.29, 0.717) is 28.0 Å². The molecule has 3 N–H and O–H groups in total. The minimum absolute atomic E-state index is 0.118. The number of rotatable bonds is 3. The number of nitrogens with one attached hydrogen (secondary N) is 1. The molecule has 1 fully saturated rings. The Balaban J connectivity index is 1.99. The second-order valence-corrected chi connectivity index (χ2v) is 6.04. The van der Waals surface area contributed by atoms with E-state index in [4.69, 9.17) is 5.73 Å². The van der Waals surface area contributed by atoms with Crippen molar-refractivity contribution in [3.05, 3.63) is 28.6 Å². The molecule has 21 heavy (non-hydrogen) atoms. The Morgan fingerprint density at radius 2 is 2.14 bits per heavy atom. The average Bonchev–Trinajstić information content (AvgIpc) is 2.93. The third-order valence-electron chi connectivity index (χ3n) is 4.95. The third-order valence-corrected chi connectivity index (χ3v) is 4.95. The molecule has 0 spiro atoms. The lowest BCUT2D eigenvalue weighted by atomic mass is 9.82. The van der Waals surface area contributed by atoms with Gasteiger partial charge in [-0.3, -0.25) is 9.78 Å². The first-order valence-corrected chi connectivity index (χ1v) is 7.61. The number of aromatic amines is 1. The van der Waals surface area contributed by atoms with E-state index >= 15 is 0 Å². The van der Waals surface area contributed by atoms with Crippen LogP contribution in [0.4, 0.5) is 11.6 Å². The molecule has 112 valence electrons. The van der Waals surface area contributed by atoms with Crippen LogP contribution in [-0.2, 0) is 0 Å². The van der Waals surface area contributed by atoms with Crippen molar-refractivity contribution in [1.82, 2.24) is 9.97 Å². The molecular weight excluding hydrogens is 264 g/mol. The van der Waals surface area contributed by atoms with Crippen LogP contribution < -0.4 is 16.2 Å². The van der Waals surface area contributed by atoms with Gasteiger partial charge in [0.15, 0.2) is 0 Å². The number of nitrogen functional groups attached to an aromatic ring is 1. The normalized spacial score (nSPS) is 17.5. The quantitative estimate of drug-likeness (QED) is 0.850. The highest BCUT2D eigenvalue weighted by Crippen LogP contribution is 2.38. The van der Waals surface area contributed by atoms with Crippen molar-refractivity contribution in [3.8, 4) is 0 Å². The summed E-state index contributed by atoms with van der Waals surface area (Å²) in [6.07, 6.45) is 3.48. The van der Waals surface area contributed by atoms with Gasteiger partial charge in [-0.1, -0.05) is 13.8 Å². The van der Waals surface area contributed by atoms with E-state index in [1.165, 1.54) is 0 Å². The van der Waals surface area contributed by atoms with Crippen LogP contribution in [0.1, 0.15) is 33.1 Å². The Hall–Kier alpha value is -2.04. The SMILES string of the molecule is CCC1(CC)CCN(c2nc3ccc(N)cc3c(=O)[nH]2)C1. The van der Waals surface area contributed by atoms with Crippen molar-refractivity contribution < 1.29 is 0 Å². The zero-order chi connectivity index (χ0) is 15.0. The fourth-order valence-corrected chi connectivity index (χ4v) is 3.24. The minimum atomic E-state index is -0.118. The first-order valence-electron chi connectivity index (χ1n) is 7.61. The monoisotopic (exact) mass is 286 g/mol. The number of nitrogens with zero attached hydrogens (tertiary/aromatic N) is 2. The van der Waals surface area contributed by atoms with E-state index in [2.05, 4.69) is 28.7 Å². The highest BCUT2D eigenvalue weighted by atomic mass is 16.1. The maximum absolute atomic E-state index is 12.2. The molecule has 0 radical (unpaired) electrons. The minimum Gasteiger partial charge on any atom is -0.399 e. The number of nitrogens with two attached hydrogens (primary N) is 1. The molecule has 0 unspecified atom stereocenters. The molecule has 3 rings (SSSR count). The second kappa shape index (κ2) is 5.06. The number of hydrogen-bond donors (Lipinski definition) is 2. The van der Waals surface area contributed by atoms with Crippen LogP contribution in [0.3, 0.4) is 0 Å². The smallest absolute Gasteiger partial charge is 0.260 e. The molecule has 1 aromatic carbocycles. The zero-order valence-electron chi connectivity index (χ0n) is 12.6. The number of fused-ring (bicyclic) bond motifs is 1. The predicted molar refractivity (Wildman–Crippen MR) is 86.6 cm³/mol. The molecule has 0 bridgehead atoms. The molecule has 1 aliphatic heterocycles. The van der Waals surface area contributed by atoms with E-state index < -0.39 is 0 Å². The Morgan fingerprint density at radius 1 is 1.38 bits per heavy atom. The van der Waals surface area contributed by atoms with Crippen LogP contribution in [0.2, 0.25) is 0 Å². The van der Waals surface area contributed by atoms with Crippen LogP contribution in [0.5, 0.6) is 0 Å². The van der Waals surface area contributed by atoms with E-state index in [0.717, 1.165) is 32.4 Å². The molecule has 1 aromatic heterocycles. The summed E-state index contributed by atoms with van der Waals surface area (Å²) in [6.45, 7) is 6.40. The van der Waals surface area contributed by atoms with Gasteiger partial charge in [0.05, 0.1) is 10.9 Å². The van der Waals surface area contributed by atoms with Crippen LogP contribution in [0.15, 0.2) is 23.0 Å². The molecule has 2 aromatic rings. The average molecular weight is 286 g/mol. The van der Waals surface area contributed by atoms with Gasteiger partial charge in [0, 0.05) is 18.8 Å². The van der Waals surface area contributed by atoms with Gasteiger partial charge in [-0.2, -0.15) is 0 Å². The van der Waals surface area contributed by atoms with Gasteiger partial charge in [0.2, 0.25) is 5.95 Å². The van der Waals surface area contributed by atoms with E-state index in [1.807, 2.05) is 6.07 Å². The second-order valence-electron chi connectivity index (χ2n) is 6.04. The van der Waals surface area contributed by atoms with Gasteiger partial charge in [0.25, 0.3) is 5.56 Å². The summed E-state index contributed by atoms with van der Waals surface area (Å²) >= 11 is 0. The lowest BCUT2D eigenvalue weighted by Gasteiger charge is -2.26. The number of hydrogen-bond acceptors (Lipinski definition) is 4.